The monoisotopic (exact) mass is 314 g/mol. The Balaban J connectivity index is 2.14. The van der Waals surface area contributed by atoms with Crippen molar-refractivity contribution in [2.75, 3.05) is 13.7 Å². The maximum Gasteiger partial charge on any atom is 0.260 e. The van der Waals surface area contributed by atoms with E-state index in [1.54, 1.807) is 7.11 Å². The number of nitrogens with zero attached hydrogens (tertiary/aromatic N) is 1. The van der Waals surface area contributed by atoms with Crippen LogP contribution in [0.15, 0.2) is 28.4 Å². The fourth-order valence-electron chi connectivity index (χ4n) is 2.62. The molecular weight excluding hydrogens is 296 g/mol. The number of H-pyrrole nitrogens is 1. The second-order valence-electron chi connectivity index (χ2n) is 5.40. The van der Waals surface area contributed by atoms with Crippen molar-refractivity contribution >= 4 is 21.6 Å². The van der Waals surface area contributed by atoms with E-state index in [2.05, 4.69) is 42.0 Å². The van der Waals surface area contributed by atoms with Gasteiger partial charge >= 0.3 is 0 Å². The molecule has 3 rings (SSSR count). The number of rotatable bonds is 4. The summed E-state index contributed by atoms with van der Waals surface area (Å²) in [6.45, 7) is 4.68. The molecule has 114 valence electrons. The minimum Gasteiger partial charge on any atom is -0.384 e. The van der Waals surface area contributed by atoms with E-state index in [0.29, 0.717) is 24.2 Å². The minimum absolute atomic E-state index is 0.0765. The van der Waals surface area contributed by atoms with Crippen LogP contribution in [0, 0.1) is 13.8 Å². The van der Waals surface area contributed by atoms with E-state index in [1.807, 2.05) is 5.38 Å². The van der Waals surface area contributed by atoms with Crippen molar-refractivity contribution in [3.05, 3.63) is 50.9 Å². The standard InChI is InChI=1S/C17H18N2O2S/c1-10-4-5-12(11(2)8-10)13-9-22-17-15(13)16(20)18-14(19-17)6-7-21-3/h4-5,8-9H,6-7H2,1-3H3,(H,18,19,20). The largest absolute Gasteiger partial charge is 0.384 e. The number of methoxy groups -OCH3 is 1. The van der Waals surface area contributed by atoms with Crippen molar-refractivity contribution < 1.29 is 4.74 Å². The maximum absolute atomic E-state index is 12.5. The van der Waals surface area contributed by atoms with Crippen LogP contribution in [0.1, 0.15) is 17.0 Å². The van der Waals surface area contributed by atoms with Gasteiger partial charge in [0.15, 0.2) is 0 Å². The third-order valence-electron chi connectivity index (χ3n) is 3.71. The van der Waals surface area contributed by atoms with E-state index in [9.17, 15) is 4.79 Å². The number of fused-ring (bicyclic) bond motifs is 1. The molecule has 2 aromatic heterocycles. The first kappa shape index (κ1) is 14.9. The highest BCUT2D eigenvalue weighted by molar-refractivity contribution is 7.17. The van der Waals surface area contributed by atoms with Gasteiger partial charge in [0.05, 0.1) is 12.0 Å². The van der Waals surface area contributed by atoms with Gasteiger partial charge in [0.2, 0.25) is 0 Å². The third-order valence-corrected chi connectivity index (χ3v) is 4.58. The molecule has 0 bridgehead atoms. The zero-order valence-corrected chi connectivity index (χ0v) is 13.7. The van der Waals surface area contributed by atoms with Crippen LogP contribution in [0.4, 0.5) is 0 Å². The van der Waals surface area contributed by atoms with Crippen LogP contribution in [0.2, 0.25) is 0 Å². The number of thiophene rings is 1. The summed E-state index contributed by atoms with van der Waals surface area (Å²) in [5, 5.41) is 2.70. The summed E-state index contributed by atoms with van der Waals surface area (Å²) in [6, 6.07) is 6.28. The lowest BCUT2D eigenvalue weighted by Crippen LogP contribution is -2.12. The maximum atomic E-state index is 12.5. The first-order chi connectivity index (χ1) is 10.6. The molecule has 0 atom stereocenters. The van der Waals surface area contributed by atoms with Crippen molar-refractivity contribution in [2.24, 2.45) is 0 Å². The van der Waals surface area contributed by atoms with Crippen LogP contribution in [-0.2, 0) is 11.2 Å². The number of aryl methyl sites for hydroxylation is 2. The van der Waals surface area contributed by atoms with Crippen molar-refractivity contribution in [2.45, 2.75) is 20.3 Å². The first-order valence-electron chi connectivity index (χ1n) is 7.17. The molecule has 0 aliphatic heterocycles. The van der Waals surface area contributed by atoms with Gasteiger partial charge in [0, 0.05) is 24.5 Å². The summed E-state index contributed by atoms with van der Waals surface area (Å²) in [4.78, 5) is 20.7. The number of nitrogens with one attached hydrogen (secondary N) is 1. The van der Waals surface area contributed by atoms with Crippen molar-refractivity contribution in [1.29, 1.82) is 0 Å². The van der Waals surface area contributed by atoms with Crippen LogP contribution in [0.3, 0.4) is 0 Å². The molecule has 4 nitrogen and oxygen atoms in total. The molecule has 1 aromatic carbocycles. The topological polar surface area (TPSA) is 55.0 Å². The van der Waals surface area contributed by atoms with Gasteiger partial charge in [-0.05, 0) is 25.0 Å². The zero-order valence-electron chi connectivity index (χ0n) is 12.9. The van der Waals surface area contributed by atoms with Crippen LogP contribution in [-0.4, -0.2) is 23.7 Å². The van der Waals surface area contributed by atoms with Crippen LogP contribution in [0.5, 0.6) is 0 Å². The summed E-state index contributed by atoms with van der Waals surface area (Å²) in [5.74, 6) is 0.674. The number of ether oxygens (including phenoxy) is 1. The van der Waals surface area contributed by atoms with E-state index >= 15 is 0 Å². The average Bonchev–Trinajstić information content (AvgIpc) is 2.89. The molecule has 0 radical (unpaired) electrons. The summed E-state index contributed by atoms with van der Waals surface area (Å²) < 4.78 is 5.04. The molecule has 0 amide bonds. The molecule has 3 aromatic rings. The molecule has 0 aliphatic rings. The lowest BCUT2D eigenvalue weighted by molar-refractivity contribution is 0.200. The Kier molecular flexibility index (Phi) is 4.09. The highest BCUT2D eigenvalue weighted by atomic mass is 32.1. The molecule has 0 saturated carbocycles. The Bertz CT molecular complexity index is 880. The number of hydrogen-bond donors (Lipinski definition) is 1. The van der Waals surface area contributed by atoms with E-state index in [-0.39, 0.29) is 5.56 Å². The minimum atomic E-state index is -0.0765. The lowest BCUT2D eigenvalue weighted by atomic mass is 9.99. The number of aromatic amines is 1. The van der Waals surface area contributed by atoms with Crippen LogP contribution < -0.4 is 5.56 Å². The Morgan fingerprint density at radius 2 is 2.09 bits per heavy atom. The molecule has 2 heterocycles. The SMILES string of the molecule is COCCc1nc2scc(-c3ccc(C)cc3C)c2c(=O)[nH]1. The molecule has 0 saturated heterocycles. The highest BCUT2D eigenvalue weighted by Gasteiger charge is 2.14. The van der Waals surface area contributed by atoms with Gasteiger partial charge < -0.3 is 9.72 Å². The molecular formula is C17H18N2O2S. The summed E-state index contributed by atoms with van der Waals surface area (Å²) in [5.41, 5.74) is 4.36. The van der Waals surface area contributed by atoms with Crippen molar-refractivity contribution in [1.82, 2.24) is 9.97 Å². The number of hydrogen-bond acceptors (Lipinski definition) is 4. The predicted molar refractivity (Wildman–Crippen MR) is 90.7 cm³/mol. The molecule has 22 heavy (non-hydrogen) atoms. The fraction of sp³-hybridized carbons (Fsp3) is 0.294. The van der Waals surface area contributed by atoms with Gasteiger partial charge in [0.25, 0.3) is 5.56 Å². The highest BCUT2D eigenvalue weighted by Crippen LogP contribution is 2.33. The van der Waals surface area contributed by atoms with Gasteiger partial charge in [0.1, 0.15) is 10.7 Å². The van der Waals surface area contributed by atoms with E-state index in [4.69, 9.17) is 4.74 Å². The van der Waals surface area contributed by atoms with E-state index in [0.717, 1.165) is 16.0 Å². The Morgan fingerprint density at radius 1 is 1.27 bits per heavy atom. The first-order valence-corrected chi connectivity index (χ1v) is 8.05. The molecule has 0 spiro atoms. The van der Waals surface area contributed by atoms with Gasteiger partial charge in [-0.15, -0.1) is 11.3 Å². The lowest BCUT2D eigenvalue weighted by Gasteiger charge is -2.06. The molecule has 5 heteroatoms. The zero-order chi connectivity index (χ0) is 15.7. The van der Waals surface area contributed by atoms with Gasteiger partial charge in [-0.2, -0.15) is 0 Å². The van der Waals surface area contributed by atoms with Gasteiger partial charge in [-0.3, -0.25) is 4.79 Å². The third kappa shape index (κ3) is 2.69. The van der Waals surface area contributed by atoms with Gasteiger partial charge in [-0.1, -0.05) is 23.8 Å². The van der Waals surface area contributed by atoms with Crippen LogP contribution >= 0.6 is 11.3 Å². The van der Waals surface area contributed by atoms with Gasteiger partial charge in [-0.25, -0.2) is 4.98 Å². The average molecular weight is 314 g/mol. The quantitative estimate of drug-likeness (QED) is 0.802. The Labute approximate surface area is 132 Å². The smallest absolute Gasteiger partial charge is 0.260 e. The molecule has 0 fully saturated rings. The Morgan fingerprint density at radius 3 is 2.82 bits per heavy atom. The number of benzene rings is 1. The predicted octanol–water partition coefficient (Wildman–Crippen LogP) is 3.46. The Hall–Kier alpha value is -1.98. The second-order valence-corrected chi connectivity index (χ2v) is 6.26. The van der Waals surface area contributed by atoms with Crippen molar-refractivity contribution in [3.8, 4) is 11.1 Å². The van der Waals surface area contributed by atoms with Crippen LogP contribution in [0.25, 0.3) is 21.3 Å². The van der Waals surface area contributed by atoms with Crippen molar-refractivity contribution in [3.63, 3.8) is 0 Å². The molecule has 0 unspecified atom stereocenters. The summed E-state index contributed by atoms with van der Waals surface area (Å²) >= 11 is 1.51. The number of aromatic nitrogens is 2. The van der Waals surface area contributed by atoms with E-state index in [1.165, 1.54) is 22.5 Å². The second kappa shape index (κ2) is 6.02. The summed E-state index contributed by atoms with van der Waals surface area (Å²) in [7, 11) is 1.64. The molecule has 1 N–H and O–H groups in total. The summed E-state index contributed by atoms with van der Waals surface area (Å²) in [6.07, 6.45) is 0.610. The van der Waals surface area contributed by atoms with E-state index < -0.39 is 0 Å². The molecule has 0 aliphatic carbocycles. The fourth-order valence-corrected chi connectivity index (χ4v) is 3.58. The normalized spacial score (nSPS) is 11.2.